The van der Waals surface area contributed by atoms with Gasteiger partial charge in [-0.3, -0.25) is 0 Å². The molecule has 1 aromatic rings. The monoisotopic (exact) mass is 357 g/mol. The van der Waals surface area contributed by atoms with E-state index in [1.165, 1.54) is 32.1 Å². The smallest absolute Gasteiger partial charge is 0.0638 e. The lowest BCUT2D eigenvalue weighted by Gasteiger charge is -2.29. The molecule has 0 aliphatic heterocycles. The predicted octanol–water partition coefficient (Wildman–Crippen LogP) is 6.51. The second kappa shape index (κ2) is 6.70. The summed E-state index contributed by atoms with van der Waals surface area (Å²) in [4.78, 5) is 0. The Morgan fingerprint density at radius 2 is 1.90 bits per heavy atom. The molecular formula is C17H25BrClN. The van der Waals surface area contributed by atoms with Crippen LogP contribution in [-0.2, 0) is 0 Å². The van der Waals surface area contributed by atoms with E-state index in [0.717, 1.165) is 21.1 Å². The highest BCUT2D eigenvalue weighted by Crippen LogP contribution is 2.38. The van der Waals surface area contributed by atoms with Crippen LogP contribution in [0.2, 0.25) is 5.02 Å². The summed E-state index contributed by atoms with van der Waals surface area (Å²) in [5.74, 6) is 0.840. The molecule has 0 aromatic heterocycles. The van der Waals surface area contributed by atoms with Crippen LogP contribution in [0.1, 0.15) is 52.9 Å². The summed E-state index contributed by atoms with van der Waals surface area (Å²) in [5, 5.41) is 4.45. The van der Waals surface area contributed by atoms with Crippen molar-refractivity contribution in [3.8, 4) is 0 Å². The number of rotatable bonds is 2. The Morgan fingerprint density at radius 3 is 2.60 bits per heavy atom. The van der Waals surface area contributed by atoms with Gasteiger partial charge < -0.3 is 5.32 Å². The molecule has 1 N–H and O–H groups in total. The van der Waals surface area contributed by atoms with Crippen molar-refractivity contribution < 1.29 is 0 Å². The molecule has 0 saturated heterocycles. The molecule has 0 amide bonds. The van der Waals surface area contributed by atoms with E-state index in [1.54, 1.807) is 0 Å². The number of nitrogens with one attached hydrogen (secondary N) is 1. The van der Waals surface area contributed by atoms with Crippen molar-refractivity contribution in [3.05, 3.63) is 27.7 Å². The molecule has 0 radical (unpaired) electrons. The van der Waals surface area contributed by atoms with Gasteiger partial charge in [0, 0.05) is 10.5 Å². The van der Waals surface area contributed by atoms with Crippen molar-refractivity contribution in [2.75, 3.05) is 5.32 Å². The molecule has 20 heavy (non-hydrogen) atoms. The van der Waals surface area contributed by atoms with E-state index in [0.29, 0.717) is 11.5 Å². The average Bonchev–Trinajstić information content (AvgIpc) is 2.59. The van der Waals surface area contributed by atoms with E-state index in [1.807, 2.05) is 12.1 Å². The molecule has 1 aliphatic carbocycles. The van der Waals surface area contributed by atoms with Crippen molar-refractivity contribution in [2.24, 2.45) is 11.3 Å². The zero-order valence-electron chi connectivity index (χ0n) is 12.7. The molecule has 1 aliphatic rings. The second-order valence-electron chi connectivity index (χ2n) is 7.04. The first-order chi connectivity index (χ1) is 9.36. The third-order valence-electron chi connectivity index (χ3n) is 4.48. The molecule has 112 valence electrons. The minimum absolute atomic E-state index is 0.433. The van der Waals surface area contributed by atoms with Crippen molar-refractivity contribution in [2.45, 2.75) is 58.9 Å². The Hall–Kier alpha value is -0.210. The van der Waals surface area contributed by atoms with E-state index in [2.05, 4.69) is 48.1 Å². The lowest BCUT2D eigenvalue weighted by Crippen LogP contribution is -2.21. The van der Waals surface area contributed by atoms with Crippen LogP contribution in [0.15, 0.2) is 22.7 Å². The first-order valence-electron chi connectivity index (χ1n) is 7.58. The summed E-state index contributed by atoms with van der Waals surface area (Å²) in [6, 6.07) is 6.56. The minimum atomic E-state index is 0.433. The van der Waals surface area contributed by atoms with Gasteiger partial charge in [0.25, 0.3) is 0 Å². The molecule has 2 unspecified atom stereocenters. The minimum Gasteiger partial charge on any atom is -0.381 e. The summed E-state index contributed by atoms with van der Waals surface area (Å²) in [6.07, 6.45) is 6.46. The van der Waals surface area contributed by atoms with Gasteiger partial charge in [-0.15, -0.1) is 0 Å². The van der Waals surface area contributed by atoms with E-state index in [9.17, 15) is 0 Å². The lowest BCUT2D eigenvalue weighted by molar-refractivity contribution is 0.214. The summed E-state index contributed by atoms with van der Waals surface area (Å²) >= 11 is 9.79. The highest BCUT2D eigenvalue weighted by Gasteiger charge is 2.27. The molecule has 2 rings (SSSR count). The normalized spacial score (nSPS) is 24.2. The van der Waals surface area contributed by atoms with Crippen LogP contribution in [-0.4, -0.2) is 6.04 Å². The standard InChI is InChI=1S/C17H25BrClN/c1-17(2,3)12-5-4-6-14(9-7-12)20-16-11-13(18)8-10-15(16)19/h8,10-12,14,20H,4-7,9H2,1-3H3. The second-order valence-corrected chi connectivity index (χ2v) is 8.36. The number of hydrogen-bond donors (Lipinski definition) is 1. The van der Waals surface area contributed by atoms with Gasteiger partial charge in [-0.25, -0.2) is 0 Å². The lowest BCUT2D eigenvalue weighted by atomic mass is 9.76. The molecule has 0 heterocycles. The number of benzene rings is 1. The van der Waals surface area contributed by atoms with Gasteiger partial charge in [0.05, 0.1) is 10.7 Å². The topological polar surface area (TPSA) is 12.0 Å². The average molecular weight is 359 g/mol. The summed E-state index contributed by atoms with van der Waals surface area (Å²) in [5.41, 5.74) is 1.49. The first-order valence-corrected chi connectivity index (χ1v) is 8.75. The maximum Gasteiger partial charge on any atom is 0.0638 e. The van der Waals surface area contributed by atoms with Gasteiger partial charge in [0.2, 0.25) is 0 Å². The SMILES string of the molecule is CC(C)(C)C1CCCC(Nc2cc(Br)ccc2Cl)CC1. The van der Waals surface area contributed by atoms with E-state index >= 15 is 0 Å². The van der Waals surface area contributed by atoms with Crippen molar-refractivity contribution >= 4 is 33.2 Å². The molecule has 1 saturated carbocycles. The maximum atomic E-state index is 6.27. The van der Waals surface area contributed by atoms with Crippen molar-refractivity contribution in [1.82, 2.24) is 0 Å². The third kappa shape index (κ3) is 4.39. The fourth-order valence-electron chi connectivity index (χ4n) is 3.14. The van der Waals surface area contributed by atoms with E-state index < -0.39 is 0 Å². The van der Waals surface area contributed by atoms with Crippen LogP contribution in [0.3, 0.4) is 0 Å². The molecule has 1 nitrogen and oxygen atoms in total. The Balaban J connectivity index is 1.99. The zero-order chi connectivity index (χ0) is 14.8. The zero-order valence-corrected chi connectivity index (χ0v) is 15.0. The Labute approximate surface area is 136 Å². The quantitative estimate of drug-likeness (QED) is 0.594. The molecule has 2 atom stereocenters. The molecule has 1 fully saturated rings. The highest BCUT2D eigenvalue weighted by atomic mass is 79.9. The fraction of sp³-hybridized carbons (Fsp3) is 0.647. The molecule has 0 spiro atoms. The van der Waals surface area contributed by atoms with Gasteiger partial charge in [0.15, 0.2) is 0 Å². The van der Waals surface area contributed by atoms with Crippen molar-refractivity contribution in [3.63, 3.8) is 0 Å². The summed E-state index contributed by atoms with van der Waals surface area (Å²) in [6.45, 7) is 7.11. The molecular weight excluding hydrogens is 334 g/mol. The number of hydrogen-bond acceptors (Lipinski definition) is 1. The number of anilines is 1. The van der Waals surface area contributed by atoms with Crippen LogP contribution >= 0.6 is 27.5 Å². The van der Waals surface area contributed by atoms with Gasteiger partial charge in [-0.2, -0.15) is 0 Å². The molecule has 1 aromatic carbocycles. The Morgan fingerprint density at radius 1 is 1.15 bits per heavy atom. The first kappa shape index (κ1) is 16.2. The predicted molar refractivity (Wildman–Crippen MR) is 92.6 cm³/mol. The van der Waals surface area contributed by atoms with E-state index in [-0.39, 0.29) is 0 Å². The van der Waals surface area contributed by atoms with Crippen LogP contribution in [0.4, 0.5) is 5.69 Å². The van der Waals surface area contributed by atoms with E-state index in [4.69, 9.17) is 11.6 Å². The summed E-state index contributed by atoms with van der Waals surface area (Å²) < 4.78 is 1.07. The van der Waals surface area contributed by atoms with Crippen LogP contribution in [0.25, 0.3) is 0 Å². The van der Waals surface area contributed by atoms with Gasteiger partial charge in [-0.1, -0.05) is 54.7 Å². The third-order valence-corrected chi connectivity index (χ3v) is 5.30. The fourth-order valence-corrected chi connectivity index (χ4v) is 3.67. The highest BCUT2D eigenvalue weighted by molar-refractivity contribution is 9.10. The van der Waals surface area contributed by atoms with Gasteiger partial charge in [-0.05, 0) is 55.2 Å². The van der Waals surface area contributed by atoms with Crippen LogP contribution < -0.4 is 5.32 Å². The Bertz CT molecular complexity index is 453. The Kier molecular flexibility index (Phi) is 5.42. The summed E-state index contributed by atoms with van der Waals surface area (Å²) in [7, 11) is 0. The largest absolute Gasteiger partial charge is 0.381 e. The van der Waals surface area contributed by atoms with Crippen LogP contribution in [0, 0.1) is 11.3 Å². The molecule has 0 bridgehead atoms. The van der Waals surface area contributed by atoms with Crippen LogP contribution in [0.5, 0.6) is 0 Å². The van der Waals surface area contributed by atoms with Crippen molar-refractivity contribution in [1.29, 1.82) is 0 Å². The number of halogens is 2. The maximum absolute atomic E-state index is 6.27. The van der Waals surface area contributed by atoms with Gasteiger partial charge >= 0.3 is 0 Å². The molecule has 3 heteroatoms. The van der Waals surface area contributed by atoms with Gasteiger partial charge in [0.1, 0.15) is 0 Å².